The lowest BCUT2D eigenvalue weighted by Gasteiger charge is -2.12. The van der Waals surface area contributed by atoms with Gasteiger partial charge in [-0.2, -0.15) is 5.10 Å². The van der Waals surface area contributed by atoms with E-state index >= 15 is 0 Å². The lowest BCUT2D eigenvalue weighted by Crippen LogP contribution is -2.39. The molecule has 0 unspecified atom stereocenters. The largest absolute Gasteiger partial charge is 0.493 e. The zero-order valence-corrected chi connectivity index (χ0v) is 19.3. The molecule has 0 fully saturated rings. The number of methoxy groups -OCH3 is 1. The quantitative estimate of drug-likeness (QED) is 0.214. The second kappa shape index (κ2) is 14.1. The number of halogens is 1. The Balaban J connectivity index is 0.00000392. The van der Waals surface area contributed by atoms with Crippen LogP contribution in [-0.2, 0) is 13.0 Å². The van der Waals surface area contributed by atoms with E-state index < -0.39 is 0 Å². The number of nitrogens with one attached hydrogen (secondary N) is 2. The first kappa shape index (κ1) is 24.1. The molecule has 8 heteroatoms. The van der Waals surface area contributed by atoms with Gasteiger partial charge in [0.15, 0.2) is 17.5 Å². The molecule has 2 aromatic rings. The fourth-order valence-corrected chi connectivity index (χ4v) is 2.68. The van der Waals surface area contributed by atoms with E-state index in [0.717, 1.165) is 56.5 Å². The van der Waals surface area contributed by atoms with Crippen molar-refractivity contribution in [2.24, 2.45) is 4.99 Å². The van der Waals surface area contributed by atoms with E-state index in [9.17, 15) is 0 Å². The molecule has 0 radical (unpaired) electrons. The van der Waals surface area contributed by atoms with Crippen LogP contribution < -0.4 is 20.1 Å². The number of rotatable bonds is 11. The van der Waals surface area contributed by atoms with Crippen LogP contribution in [-0.4, -0.2) is 49.1 Å². The number of nitrogens with zero attached hydrogens (tertiary/aromatic N) is 3. The third-order valence-corrected chi connectivity index (χ3v) is 3.96. The summed E-state index contributed by atoms with van der Waals surface area (Å²) in [7, 11) is 1.66. The molecule has 1 aromatic carbocycles. The van der Waals surface area contributed by atoms with Gasteiger partial charge in [0.2, 0.25) is 0 Å². The molecule has 0 saturated heterocycles. The molecule has 0 saturated carbocycles. The highest BCUT2D eigenvalue weighted by Gasteiger charge is 2.05. The molecular formula is C20H32IN5O2. The molecule has 0 aliphatic rings. The minimum Gasteiger partial charge on any atom is -0.493 e. The third kappa shape index (κ3) is 8.37. The average Bonchev–Trinajstić information content (AvgIpc) is 3.19. The zero-order chi connectivity index (χ0) is 19.3. The second-order valence-corrected chi connectivity index (χ2v) is 5.98. The lowest BCUT2D eigenvalue weighted by molar-refractivity contribution is 0.310. The molecule has 0 spiro atoms. The third-order valence-electron chi connectivity index (χ3n) is 3.96. The van der Waals surface area contributed by atoms with Crippen molar-refractivity contribution >= 4 is 29.9 Å². The number of aryl methyl sites for hydroxylation is 1. The highest BCUT2D eigenvalue weighted by molar-refractivity contribution is 14.0. The van der Waals surface area contributed by atoms with Crippen molar-refractivity contribution in [3.8, 4) is 11.5 Å². The Hall–Kier alpha value is -1.97. The maximum absolute atomic E-state index is 5.64. The minimum absolute atomic E-state index is 0. The summed E-state index contributed by atoms with van der Waals surface area (Å²) < 4.78 is 12.9. The summed E-state index contributed by atoms with van der Waals surface area (Å²) in [6, 6.07) is 8.03. The topological polar surface area (TPSA) is 72.7 Å². The van der Waals surface area contributed by atoms with Gasteiger partial charge in [-0.15, -0.1) is 24.0 Å². The number of aliphatic imine (C=N–C) groups is 1. The van der Waals surface area contributed by atoms with Crippen LogP contribution in [0.1, 0.15) is 25.8 Å². The summed E-state index contributed by atoms with van der Waals surface area (Å²) >= 11 is 0. The molecule has 1 heterocycles. The van der Waals surface area contributed by atoms with E-state index in [1.165, 1.54) is 5.56 Å². The highest BCUT2D eigenvalue weighted by Crippen LogP contribution is 2.28. The van der Waals surface area contributed by atoms with Gasteiger partial charge in [0.25, 0.3) is 0 Å². The maximum atomic E-state index is 5.64. The molecule has 0 amide bonds. The van der Waals surface area contributed by atoms with Gasteiger partial charge in [0.1, 0.15) is 0 Å². The number of hydrogen-bond donors (Lipinski definition) is 2. The van der Waals surface area contributed by atoms with Crippen LogP contribution in [0.4, 0.5) is 0 Å². The molecule has 28 heavy (non-hydrogen) atoms. The summed E-state index contributed by atoms with van der Waals surface area (Å²) in [5.74, 6) is 2.42. The van der Waals surface area contributed by atoms with E-state index in [-0.39, 0.29) is 24.0 Å². The van der Waals surface area contributed by atoms with E-state index in [1.807, 2.05) is 29.9 Å². The number of benzene rings is 1. The van der Waals surface area contributed by atoms with Crippen LogP contribution in [0.3, 0.4) is 0 Å². The standard InChI is InChI=1S/C20H31N5O2.HI/c1-4-21-20(23-13-15-25-14-7-12-24-25)22-11-6-8-17-9-10-18(26-3)19(16-17)27-5-2;/h7,9-10,12,14,16H,4-6,8,11,13,15H2,1-3H3,(H2,21,22,23);1H. The Bertz CT molecular complexity index is 692. The van der Waals surface area contributed by atoms with Gasteiger partial charge < -0.3 is 20.1 Å². The molecule has 156 valence electrons. The van der Waals surface area contributed by atoms with Gasteiger partial charge in [-0.1, -0.05) is 6.07 Å². The normalized spacial score (nSPS) is 10.9. The lowest BCUT2D eigenvalue weighted by atomic mass is 10.1. The van der Waals surface area contributed by atoms with Gasteiger partial charge in [0, 0.05) is 32.0 Å². The Morgan fingerprint density at radius 3 is 2.75 bits per heavy atom. The summed E-state index contributed by atoms with van der Waals surface area (Å²) in [4.78, 5) is 4.65. The fraction of sp³-hybridized carbons (Fsp3) is 0.500. The van der Waals surface area contributed by atoms with Crippen molar-refractivity contribution < 1.29 is 9.47 Å². The van der Waals surface area contributed by atoms with E-state index in [1.54, 1.807) is 13.3 Å². The smallest absolute Gasteiger partial charge is 0.191 e. The van der Waals surface area contributed by atoms with Crippen LogP contribution >= 0.6 is 24.0 Å². The number of ether oxygens (including phenoxy) is 2. The molecule has 0 aliphatic carbocycles. The minimum atomic E-state index is 0. The van der Waals surface area contributed by atoms with Gasteiger partial charge in [0.05, 0.1) is 20.3 Å². The van der Waals surface area contributed by atoms with Crippen LogP contribution in [0.5, 0.6) is 11.5 Å². The SMILES string of the molecule is CCNC(=NCCCc1ccc(OC)c(OCC)c1)NCCn1cccn1.I. The first-order valence-corrected chi connectivity index (χ1v) is 9.56. The molecule has 1 aromatic heterocycles. The first-order chi connectivity index (χ1) is 13.3. The first-order valence-electron chi connectivity index (χ1n) is 9.56. The predicted octanol–water partition coefficient (Wildman–Crippen LogP) is 3.10. The predicted molar refractivity (Wildman–Crippen MR) is 124 cm³/mol. The highest BCUT2D eigenvalue weighted by atomic mass is 127. The number of hydrogen-bond acceptors (Lipinski definition) is 4. The summed E-state index contributed by atoms with van der Waals surface area (Å²) in [5.41, 5.74) is 1.23. The molecule has 0 aliphatic heterocycles. The van der Waals surface area contributed by atoms with Crippen molar-refractivity contribution in [2.45, 2.75) is 33.2 Å². The van der Waals surface area contributed by atoms with Gasteiger partial charge in [-0.3, -0.25) is 9.67 Å². The summed E-state index contributed by atoms with van der Waals surface area (Å²) in [5, 5.41) is 10.8. The molecule has 0 atom stereocenters. The van der Waals surface area contributed by atoms with Crippen molar-refractivity contribution in [2.75, 3.05) is 33.4 Å². The van der Waals surface area contributed by atoms with Gasteiger partial charge in [-0.05, 0) is 50.5 Å². The second-order valence-electron chi connectivity index (χ2n) is 5.98. The maximum Gasteiger partial charge on any atom is 0.191 e. The molecule has 0 bridgehead atoms. The van der Waals surface area contributed by atoms with Crippen molar-refractivity contribution in [1.82, 2.24) is 20.4 Å². The van der Waals surface area contributed by atoms with Crippen LogP contribution in [0.25, 0.3) is 0 Å². The monoisotopic (exact) mass is 501 g/mol. The van der Waals surface area contributed by atoms with E-state index in [4.69, 9.17) is 9.47 Å². The van der Waals surface area contributed by atoms with Gasteiger partial charge in [-0.25, -0.2) is 0 Å². The zero-order valence-electron chi connectivity index (χ0n) is 17.0. The van der Waals surface area contributed by atoms with Gasteiger partial charge >= 0.3 is 0 Å². The number of guanidine groups is 1. The Labute approximate surface area is 184 Å². The molecular weight excluding hydrogens is 469 g/mol. The summed E-state index contributed by atoms with van der Waals surface area (Å²) in [6.07, 6.45) is 5.65. The van der Waals surface area contributed by atoms with E-state index in [2.05, 4.69) is 39.8 Å². The number of aromatic nitrogens is 2. The Kier molecular flexibility index (Phi) is 12.1. The fourth-order valence-electron chi connectivity index (χ4n) is 2.68. The Morgan fingerprint density at radius 1 is 1.21 bits per heavy atom. The Morgan fingerprint density at radius 2 is 2.07 bits per heavy atom. The van der Waals surface area contributed by atoms with Crippen molar-refractivity contribution in [1.29, 1.82) is 0 Å². The molecule has 2 N–H and O–H groups in total. The average molecular weight is 501 g/mol. The van der Waals surface area contributed by atoms with E-state index in [0.29, 0.717) is 6.61 Å². The van der Waals surface area contributed by atoms with Crippen LogP contribution in [0.2, 0.25) is 0 Å². The summed E-state index contributed by atoms with van der Waals surface area (Å²) in [6.45, 7) is 7.85. The van der Waals surface area contributed by atoms with Crippen LogP contribution in [0.15, 0.2) is 41.7 Å². The van der Waals surface area contributed by atoms with Crippen molar-refractivity contribution in [3.05, 3.63) is 42.2 Å². The van der Waals surface area contributed by atoms with Crippen LogP contribution in [0, 0.1) is 0 Å². The molecule has 7 nitrogen and oxygen atoms in total. The van der Waals surface area contributed by atoms with Crippen molar-refractivity contribution in [3.63, 3.8) is 0 Å². The molecule has 2 rings (SSSR count).